The lowest BCUT2D eigenvalue weighted by molar-refractivity contribution is 0.0992. The molecule has 0 radical (unpaired) electrons. The number of nitrogens with zero attached hydrogens (tertiary/aromatic N) is 2. The van der Waals surface area contributed by atoms with Gasteiger partial charge in [0.15, 0.2) is 0 Å². The Labute approximate surface area is 101 Å². The zero-order valence-electron chi connectivity index (χ0n) is 8.64. The van der Waals surface area contributed by atoms with Crippen LogP contribution < -0.4 is 4.90 Å². The smallest absolute Gasteiger partial charge is 0.262 e. The van der Waals surface area contributed by atoms with E-state index in [9.17, 15) is 4.79 Å². The number of hydrogen-bond donors (Lipinski definition) is 1. The van der Waals surface area contributed by atoms with Crippen LogP contribution in [0, 0.1) is 0 Å². The average Bonchev–Trinajstić information content (AvgIpc) is 2.75. The van der Waals surface area contributed by atoms with Gasteiger partial charge in [-0.05, 0) is 28.1 Å². The maximum atomic E-state index is 12.1. The highest BCUT2D eigenvalue weighted by Gasteiger charge is 2.17. The molecule has 0 aliphatic carbocycles. The van der Waals surface area contributed by atoms with E-state index in [2.05, 4.69) is 26.1 Å². The van der Waals surface area contributed by atoms with E-state index in [-0.39, 0.29) is 5.91 Å². The Balaban J connectivity index is 2.27. The molecule has 1 amide bonds. The molecule has 0 atom stereocenters. The van der Waals surface area contributed by atoms with E-state index in [4.69, 9.17) is 0 Å². The van der Waals surface area contributed by atoms with Crippen LogP contribution in [-0.4, -0.2) is 23.2 Å². The fourth-order valence-electron chi connectivity index (χ4n) is 1.37. The van der Waals surface area contributed by atoms with Crippen molar-refractivity contribution in [2.24, 2.45) is 0 Å². The summed E-state index contributed by atoms with van der Waals surface area (Å²) < 4.78 is 0.597. The van der Waals surface area contributed by atoms with Crippen LogP contribution in [0.3, 0.4) is 0 Å². The molecule has 0 bridgehead atoms. The number of aromatic amines is 1. The standard InChI is InChI=1S/C11H10BrN3O/c1-15(8-5-3-2-4-6-8)11(16)9-7-13-14-10(9)12/h2-7H,1H3,(H,13,14). The zero-order valence-corrected chi connectivity index (χ0v) is 10.2. The number of H-pyrrole nitrogens is 1. The lowest BCUT2D eigenvalue weighted by Gasteiger charge is -2.16. The second kappa shape index (κ2) is 4.49. The van der Waals surface area contributed by atoms with Crippen molar-refractivity contribution in [3.8, 4) is 0 Å². The molecular weight excluding hydrogens is 270 g/mol. The molecule has 16 heavy (non-hydrogen) atoms. The third-order valence-corrected chi connectivity index (χ3v) is 2.88. The van der Waals surface area contributed by atoms with Gasteiger partial charge in [0, 0.05) is 12.7 Å². The van der Waals surface area contributed by atoms with Crippen molar-refractivity contribution < 1.29 is 4.79 Å². The molecule has 82 valence electrons. The number of aromatic nitrogens is 2. The van der Waals surface area contributed by atoms with E-state index in [1.165, 1.54) is 6.20 Å². The Morgan fingerprint density at radius 3 is 2.62 bits per heavy atom. The summed E-state index contributed by atoms with van der Waals surface area (Å²) in [6, 6.07) is 9.46. The van der Waals surface area contributed by atoms with Crippen LogP contribution in [0.2, 0.25) is 0 Å². The van der Waals surface area contributed by atoms with Crippen molar-refractivity contribution in [3.63, 3.8) is 0 Å². The maximum Gasteiger partial charge on any atom is 0.262 e. The molecule has 1 aromatic heterocycles. The highest BCUT2D eigenvalue weighted by molar-refractivity contribution is 9.10. The minimum atomic E-state index is -0.105. The maximum absolute atomic E-state index is 12.1. The molecule has 2 aromatic rings. The van der Waals surface area contributed by atoms with Crippen molar-refractivity contribution in [2.75, 3.05) is 11.9 Å². The summed E-state index contributed by atoms with van der Waals surface area (Å²) >= 11 is 3.24. The number of halogens is 1. The van der Waals surface area contributed by atoms with Crippen LogP contribution in [0.15, 0.2) is 41.1 Å². The lowest BCUT2D eigenvalue weighted by Crippen LogP contribution is -2.26. The van der Waals surface area contributed by atoms with E-state index in [1.54, 1.807) is 11.9 Å². The molecule has 0 spiro atoms. The summed E-state index contributed by atoms with van der Waals surface area (Å²) in [4.78, 5) is 13.6. The fraction of sp³-hybridized carbons (Fsp3) is 0.0909. The SMILES string of the molecule is CN(C(=O)c1cn[nH]c1Br)c1ccccc1. The predicted molar refractivity (Wildman–Crippen MR) is 65.5 cm³/mol. The van der Waals surface area contributed by atoms with Gasteiger partial charge in [-0.25, -0.2) is 0 Å². The van der Waals surface area contributed by atoms with E-state index < -0.39 is 0 Å². The molecule has 4 nitrogen and oxygen atoms in total. The lowest BCUT2D eigenvalue weighted by atomic mass is 10.2. The zero-order chi connectivity index (χ0) is 11.5. The van der Waals surface area contributed by atoms with E-state index in [0.29, 0.717) is 10.2 Å². The first-order chi connectivity index (χ1) is 7.70. The highest BCUT2D eigenvalue weighted by atomic mass is 79.9. The molecule has 1 aromatic carbocycles. The molecule has 0 unspecified atom stereocenters. The third kappa shape index (κ3) is 1.99. The number of para-hydroxylation sites is 1. The Kier molecular flexibility index (Phi) is 3.05. The van der Waals surface area contributed by atoms with Crippen LogP contribution in [0.25, 0.3) is 0 Å². The minimum absolute atomic E-state index is 0.105. The number of benzene rings is 1. The Hall–Kier alpha value is -1.62. The van der Waals surface area contributed by atoms with Gasteiger partial charge in [-0.1, -0.05) is 18.2 Å². The Morgan fingerprint density at radius 2 is 2.06 bits per heavy atom. The first-order valence-corrected chi connectivity index (χ1v) is 5.51. The first kappa shape index (κ1) is 10.9. The number of rotatable bonds is 2. The van der Waals surface area contributed by atoms with Gasteiger partial charge in [-0.3, -0.25) is 9.89 Å². The average molecular weight is 280 g/mol. The second-order valence-corrected chi connectivity index (χ2v) is 4.09. The molecule has 0 aliphatic rings. The topological polar surface area (TPSA) is 49.0 Å². The summed E-state index contributed by atoms with van der Waals surface area (Å²) in [5.41, 5.74) is 1.37. The number of carbonyl (C=O) groups excluding carboxylic acids is 1. The van der Waals surface area contributed by atoms with Crippen molar-refractivity contribution in [2.45, 2.75) is 0 Å². The summed E-state index contributed by atoms with van der Waals surface area (Å²) in [5, 5.41) is 6.47. The summed E-state index contributed by atoms with van der Waals surface area (Å²) in [6.07, 6.45) is 1.51. The van der Waals surface area contributed by atoms with E-state index in [0.717, 1.165) is 5.69 Å². The molecule has 2 rings (SSSR count). The predicted octanol–water partition coefficient (Wildman–Crippen LogP) is 2.45. The molecule has 5 heteroatoms. The van der Waals surface area contributed by atoms with Gasteiger partial charge in [-0.2, -0.15) is 5.10 Å². The van der Waals surface area contributed by atoms with Crippen molar-refractivity contribution >= 4 is 27.5 Å². The Bertz CT molecular complexity index is 495. The van der Waals surface area contributed by atoms with Gasteiger partial charge in [0.05, 0.1) is 11.8 Å². The quantitative estimate of drug-likeness (QED) is 0.918. The third-order valence-electron chi connectivity index (χ3n) is 2.27. The van der Waals surface area contributed by atoms with Gasteiger partial charge in [0.25, 0.3) is 5.91 Å². The number of nitrogens with one attached hydrogen (secondary N) is 1. The van der Waals surface area contributed by atoms with E-state index in [1.807, 2.05) is 30.3 Å². The van der Waals surface area contributed by atoms with Crippen molar-refractivity contribution in [3.05, 3.63) is 46.7 Å². The van der Waals surface area contributed by atoms with Gasteiger partial charge in [0.2, 0.25) is 0 Å². The van der Waals surface area contributed by atoms with Crippen LogP contribution in [0.1, 0.15) is 10.4 Å². The van der Waals surface area contributed by atoms with Gasteiger partial charge < -0.3 is 4.90 Å². The van der Waals surface area contributed by atoms with Crippen LogP contribution in [0.5, 0.6) is 0 Å². The number of hydrogen-bond acceptors (Lipinski definition) is 2. The molecule has 0 saturated carbocycles. The van der Waals surface area contributed by atoms with Crippen LogP contribution >= 0.6 is 15.9 Å². The molecule has 1 heterocycles. The summed E-state index contributed by atoms with van der Waals surface area (Å²) in [6.45, 7) is 0. The Morgan fingerprint density at radius 1 is 1.38 bits per heavy atom. The fourth-order valence-corrected chi connectivity index (χ4v) is 1.74. The molecule has 0 saturated heterocycles. The number of anilines is 1. The minimum Gasteiger partial charge on any atom is -0.311 e. The normalized spacial score (nSPS) is 10.1. The van der Waals surface area contributed by atoms with Gasteiger partial charge in [-0.15, -0.1) is 0 Å². The van der Waals surface area contributed by atoms with E-state index >= 15 is 0 Å². The van der Waals surface area contributed by atoms with Crippen LogP contribution in [0.4, 0.5) is 5.69 Å². The number of carbonyl (C=O) groups is 1. The second-order valence-electron chi connectivity index (χ2n) is 3.30. The molecule has 0 aliphatic heterocycles. The van der Waals surface area contributed by atoms with Crippen molar-refractivity contribution in [1.29, 1.82) is 0 Å². The van der Waals surface area contributed by atoms with Gasteiger partial charge >= 0.3 is 0 Å². The monoisotopic (exact) mass is 279 g/mol. The number of amides is 1. The van der Waals surface area contributed by atoms with Crippen molar-refractivity contribution in [1.82, 2.24) is 10.2 Å². The molecule has 1 N–H and O–H groups in total. The van der Waals surface area contributed by atoms with Gasteiger partial charge in [0.1, 0.15) is 4.60 Å². The summed E-state index contributed by atoms with van der Waals surface area (Å²) in [5.74, 6) is -0.105. The summed E-state index contributed by atoms with van der Waals surface area (Å²) in [7, 11) is 1.73. The van der Waals surface area contributed by atoms with Crippen LogP contribution in [-0.2, 0) is 0 Å². The highest BCUT2D eigenvalue weighted by Crippen LogP contribution is 2.18. The first-order valence-electron chi connectivity index (χ1n) is 4.72. The molecule has 0 fully saturated rings. The largest absolute Gasteiger partial charge is 0.311 e. The molecular formula is C11H10BrN3O.